The lowest BCUT2D eigenvalue weighted by molar-refractivity contribution is 0.571. The lowest BCUT2D eigenvalue weighted by Gasteiger charge is -2.20. The van der Waals surface area contributed by atoms with E-state index < -0.39 is 26.1 Å². The van der Waals surface area contributed by atoms with Crippen molar-refractivity contribution >= 4 is 20.0 Å². The molecule has 0 unspecified atom stereocenters. The third-order valence-corrected chi connectivity index (χ3v) is 8.88. The predicted octanol–water partition coefficient (Wildman–Crippen LogP) is 4.41. The van der Waals surface area contributed by atoms with Gasteiger partial charge in [-0.15, -0.1) is 0 Å². The zero-order valence-electron chi connectivity index (χ0n) is 18.2. The molecule has 0 atom stereocenters. The summed E-state index contributed by atoms with van der Waals surface area (Å²) in [5.41, 5.74) is 1.99. The highest BCUT2D eigenvalue weighted by Gasteiger charge is 2.30. The van der Waals surface area contributed by atoms with Gasteiger partial charge in [0.05, 0.1) is 16.6 Å². The van der Waals surface area contributed by atoms with Crippen molar-refractivity contribution < 1.29 is 16.8 Å². The maximum atomic E-state index is 13.5. The van der Waals surface area contributed by atoms with Crippen LogP contribution in [0.15, 0.2) is 107 Å². The van der Waals surface area contributed by atoms with Crippen molar-refractivity contribution in [2.75, 3.05) is 0 Å². The van der Waals surface area contributed by atoms with Gasteiger partial charge in [-0.05, 0) is 43.2 Å². The Bertz CT molecular complexity index is 1420. The van der Waals surface area contributed by atoms with E-state index in [1.807, 2.05) is 60.7 Å². The highest BCUT2D eigenvalue weighted by molar-refractivity contribution is 7.90. The van der Waals surface area contributed by atoms with E-state index >= 15 is 0 Å². The summed E-state index contributed by atoms with van der Waals surface area (Å²) in [6.45, 7) is 3.08. The average molecular weight is 481 g/mol. The second-order valence-electron chi connectivity index (χ2n) is 7.69. The minimum absolute atomic E-state index is 0.0728. The first-order valence-electron chi connectivity index (χ1n) is 10.3. The summed E-state index contributed by atoms with van der Waals surface area (Å²) in [6, 6.07) is 27.2. The van der Waals surface area contributed by atoms with Crippen molar-refractivity contribution in [2.24, 2.45) is 0 Å². The lowest BCUT2D eigenvalue weighted by Crippen LogP contribution is -2.30. The maximum absolute atomic E-state index is 13.5. The second-order valence-corrected chi connectivity index (χ2v) is 11.2. The standard InChI is InChI=1S/C25H24N2O4S2/c1-19-18-24(20(2)27(19)33(30,31)23-16-10-5-11-17-23)32(28,29)26-25(21-12-6-3-7-13-21)22-14-8-4-9-15-22/h3-18,25-26H,1-2H3. The Labute approximate surface area is 194 Å². The molecule has 1 heterocycles. The molecule has 4 rings (SSSR count). The normalized spacial score (nSPS) is 12.2. The third-order valence-electron chi connectivity index (χ3n) is 5.43. The number of nitrogens with one attached hydrogen (secondary N) is 1. The van der Waals surface area contributed by atoms with Crippen LogP contribution >= 0.6 is 0 Å². The number of hydrogen-bond acceptors (Lipinski definition) is 4. The summed E-state index contributed by atoms with van der Waals surface area (Å²) in [5, 5.41) is 0. The molecule has 8 heteroatoms. The molecular formula is C25H24N2O4S2. The van der Waals surface area contributed by atoms with Crippen LogP contribution in [0.3, 0.4) is 0 Å². The van der Waals surface area contributed by atoms with Crippen LogP contribution in [0.4, 0.5) is 0 Å². The van der Waals surface area contributed by atoms with Crippen LogP contribution in [0.2, 0.25) is 0 Å². The molecular weight excluding hydrogens is 456 g/mol. The fourth-order valence-corrected chi connectivity index (χ4v) is 7.07. The Morgan fingerprint density at radius 2 is 1.15 bits per heavy atom. The molecule has 0 saturated carbocycles. The largest absolute Gasteiger partial charge is 0.268 e. The minimum atomic E-state index is -4.07. The van der Waals surface area contributed by atoms with Crippen molar-refractivity contribution in [1.29, 1.82) is 0 Å². The van der Waals surface area contributed by atoms with E-state index in [4.69, 9.17) is 0 Å². The van der Waals surface area contributed by atoms with Crippen LogP contribution in [-0.2, 0) is 20.0 Å². The lowest BCUT2D eigenvalue weighted by atomic mass is 10.00. The number of nitrogens with zero attached hydrogens (tertiary/aromatic N) is 1. The Balaban J connectivity index is 1.78. The van der Waals surface area contributed by atoms with Gasteiger partial charge in [-0.1, -0.05) is 78.9 Å². The van der Waals surface area contributed by atoms with Gasteiger partial charge in [0.1, 0.15) is 4.90 Å². The van der Waals surface area contributed by atoms with Crippen LogP contribution in [0.25, 0.3) is 0 Å². The van der Waals surface area contributed by atoms with E-state index in [-0.39, 0.29) is 15.5 Å². The maximum Gasteiger partial charge on any atom is 0.268 e. The van der Waals surface area contributed by atoms with Gasteiger partial charge in [0.15, 0.2) is 0 Å². The number of sulfonamides is 1. The van der Waals surface area contributed by atoms with Crippen molar-refractivity contribution in [2.45, 2.75) is 29.7 Å². The summed E-state index contributed by atoms with van der Waals surface area (Å²) < 4.78 is 57.4. The van der Waals surface area contributed by atoms with Gasteiger partial charge in [-0.2, -0.15) is 4.72 Å². The quantitative estimate of drug-likeness (QED) is 0.425. The molecule has 1 aromatic heterocycles. The highest BCUT2D eigenvalue weighted by atomic mass is 32.2. The molecule has 0 aliphatic carbocycles. The number of benzene rings is 3. The summed E-state index contributed by atoms with van der Waals surface area (Å²) >= 11 is 0. The van der Waals surface area contributed by atoms with Gasteiger partial charge in [-0.25, -0.2) is 20.8 Å². The average Bonchev–Trinajstić information content (AvgIpc) is 3.14. The van der Waals surface area contributed by atoms with E-state index in [0.717, 1.165) is 15.1 Å². The molecule has 4 aromatic rings. The fourth-order valence-electron chi connectivity index (χ4n) is 3.90. The smallest absolute Gasteiger partial charge is 0.242 e. The van der Waals surface area contributed by atoms with Crippen molar-refractivity contribution in [3.05, 3.63) is 120 Å². The van der Waals surface area contributed by atoms with E-state index in [2.05, 4.69) is 4.72 Å². The molecule has 0 aliphatic rings. The predicted molar refractivity (Wildman–Crippen MR) is 128 cm³/mol. The zero-order chi connectivity index (χ0) is 23.6. The van der Waals surface area contributed by atoms with Crippen LogP contribution in [0.5, 0.6) is 0 Å². The van der Waals surface area contributed by atoms with E-state index in [1.54, 1.807) is 25.1 Å². The van der Waals surface area contributed by atoms with Gasteiger partial charge in [0.2, 0.25) is 10.0 Å². The molecule has 0 radical (unpaired) electrons. The van der Waals surface area contributed by atoms with Gasteiger partial charge in [-0.3, -0.25) is 0 Å². The van der Waals surface area contributed by atoms with Gasteiger partial charge in [0.25, 0.3) is 10.0 Å². The molecule has 0 fully saturated rings. The molecule has 0 bridgehead atoms. The van der Waals surface area contributed by atoms with Crippen LogP contribution in [0.1, 0.15) is 28.6 Å². The molecule has 1 N–H and O–H groups in total. The number of hydrogen-bond donors (Lipinski definition) is 1. The number of aromatic nitrogens is 1. The molecule has 33 heavy (non-hydrogen) atoms. The Kier molecular flexibility index (Phi) is 6.25. The van der Waals surface area contributed by atoms with E-state index in [0.29, 0.717) is 5.69 Å². The Morgan fingerprint density at radius 3 is 1.64 bits per heavy atom. The molecule has 0 aliphatic heterocycles. The van der Waals surface area contributed by atoms with Gasteiger partial charge >= 0.3 is 0 Å². The zero-order valence-corrected chi connectivity index (χ0v) is 19.8. The molecule has 0 saturated heterocycles. The number of aryl methyl sites for hydroxylation is 1. The van der Waals surface area contributed by atoms with Crippen molar-refractivity contribution in [3.63, 3.8) is 0 Å². The fraction of sp³-hybridized carbons (Fsp3) is 0.120. The van der Waals surface area contributed by atoms with E-state index in [9.17, 15) is 16.8 Å². The minimum Gasteiger partial charge on any atom is -0.242 e. The Morgan fingerprint density at radius 1 is 0.697 bits per heavy atom. The molecule has 3 aromatic carbocycles. The topological polar surface area (TPSA) is 85.2 Å². The first kappa shape index (κ1) is 23.0. The summed E-state index contributed by atoms with van der Waals surface area (Å²) in [7, 11) is -8.01. The molecule has 170 valence electrons. The third kappa shape index (κ3) is 4.50. The molecule has 6 nitrogen and oxygen atoms in total. The highest BCUT2D eigenvalue weighted by Crippen LogP contribution is 2.29. The van der Waals surface area contributed by atoms with Crippen LogP contribution in [-0.4, -0.2) is 20.8 Å². The number of rotatable bonds is 7. The first-order chi connectivity index (χ1) is 15.7. The van der Waals surface area contributed by atoms with Gasteiger partial charge in [0, 0.05) is 5.69 Å². The first-order valence-corrected chi connectivity index (χ1v) is 13.3. The van der Waals surface area contributed by atoms with E-state index in [1.165, 1.54) is 25.1 Å². The monoisotopic (exact) mass is 480 g/mol. The van der Waals surface area contributed by atoms with Crippen LogP contribution < -0.4 is 4.72 Å². The summed E-state index contributed by atoms with van der Waals surface area (Å²) in [4.78, 5) is 0.0199. The van der Waals surface area contributed by atoms with Gasteiger partial charge < -0.3 is 0 Å². The van der Waals surface area contributed by atoms with Crippen LogP contribution in [0, 0.1) is 13.8 Å². The molecule has 0 amide bonds. The SMILES string of the molecule is Cc1cc(S(=O)(=O)NC(c2ccccc2)c2ccccc2)c(C)n1S(=O)(=O)c1ccccc1. The Hall–Kier alpha value is -3.20. The molecule has 0 spiro atoms. The second kappa shape index (κ2) is 8.97. The van der Waals surface area contributed by atoms with Crippen molar-refractivity contribution in [1.82, 2.24) is 8.69 Å². The summed E-state index contributed by atoms with van der Waals surface area (Å²) in [5.74, 6) is 0. The van der Waals surface area contributed by atoms with Crippen molar-refractivity contribution in [3.8, 4) is 0 Å². The summed E-state index contributed by atoms with van der Waals surface area (Å²) in [6.07, 6.45) is 0.